The van der Waals surface area contributed by atoms with E-state index in [1.165, 1.54) is 12.1 Å². The number of carbonyl (C=O) groups excluding carboxylic acids is 1. The van der Waals surface area contributed by atoms with Gasteiger partial charge in [0, 0.05) is 12.1 Å². The van der Waals surface area contributed by atoms with E-state index in [2.05, 4.69) is 20.9 Å². The normalized spacial score (nSPS) is 10.2. The van der Waals surface area contributed by atoms with Crippen LogP contribution in [-0.4, -0.2) is 15.8 Å². The number of carbonyl (C=O) groups is 1. The van der Waals surface area contributed by atoms with Gasteiger partial charge in [-0.15, -0.1) is 0 Å². The van der Waals surface area contributed by atoms with Crippen LogP contribution in [0.2, 0.25) is 0 Å². The summed E-state index contributed by atoms with van der Waals surface area (Å²) in [5.74, 6) is -1.69. The lowest BCUT2D eigenvalue weighted by Gasteiger charge is -2.08. The number of rotatable bonds is 4. The highest BCUT2D eigenvalue weighted by Gasteiger charge is 2.18. The number of aromatic nitrogens is 1. The summed E-state index contributed by atoms with van der Waals surface area (Å²) < 4.78 is 18.9. The summed E-state index contributed by atoms with van der Waals surface area (Å²) in [4.78, 5) is 24.9. The number of amides is 1. The van der Waals surface area contributed by atoms with E-state index in [9.17, 15) is 19.3 Å². The van der Waals surface area contributed by atoms with Crippen LogP contribution in [-0.2, 0) is 0 Å². The molecule has 0 spiro atoms. The first-order chi connectivity index (χ1) is 9.88. The van der Waals surface area contributed by atoms with Crippen molar-refractivity contribution in [3.05, 3.63) is 56.4 Å². The predicted octanol–water partition coefficient (Wildman–Crippen LogP) is 2.78. The smallest absolute Gasteiger partial charge is 0.288 e. The topological polar surface area (TPSA) is 108 Å². The molecule has 9 heteroatoms. The molecule has 1 aromatic carbocycles. The van der Waals surface area contributed by atoms with Crippen LogP contribution >= 0.6 is 15.9 Å². The minimum Gasteiger partial charge on any atom is -0.438 e. The zero-order chi connectivity index (χ0) is 15.6. The summed E-state index contributed by atoms with van der Waals surface area (Å²) in [6.45, 7) is 0. The monoisotopic (exact) mass is 355 g/mol. The molecule has 0 atom stereocenters. The van der Waals surface area contributed by atoms with Crippen molar-refractivity contribution < 1.29 is 18.8 Å². The van der Waals surface area contributed by atoms with E-state index in [1.807, 2.05) is 0 Å². The van der Waals surface area contributed by atoms with E-state index in [0.29, 0.717) is 0 Å². The fourth-order valence-corrected chi connectivity index (χ4v) is 1.70. The lowest BCUT2D eigenvalue weighted by Crippen LogP contribution is -2.13. The van der Waals surface area contributed by atoms with Crippen molar-refractivity contribution in [1.29, 1.82) is 0 Å². The number of pyridine rings is 1. The van der Waals surface area contributed by atoms with Crippen LogP contribution in [0, 0.1) is 15.9 Å². The average Bonchev–Trinajstić information content (AvgIpc) is 2.43. The quantitative estimate of drug-likeness (QED) is 0.669. The molecule has 1 heterocycles. The molecule has 0 bridgehead atoms. The first-order valence-electron chi connectivity index (χ1n) is 5.45. The summed E-state index contributed by atoms with van der Waals surface area (Å²) in [6, 6.07) is 4.85. The van der Waals surface area contributed by atoms with E-state index >= 15 is 0 Å². The first kappa shape index (κ1) is 14.9. The van der Waals surface area contributed by atoms with Crippen LogP contribution in [0.1, 0.15) is 10.4 Å². The Hall–Kier alpha value is -2.55. The summed E-state index contributed by atoms with van der Waals surface area (Å²) in [6.07, 6.45) is 0.914. The second-order valence-electron chi connectivity index (χ2n) is 3.85. The lowest BCUT2D eigenvalue weighted by atomic mass is 10.2. The highest BCUT2D eigenvalue weighted by Crippen LogP contribution is 2.28. The number of hydrogen-bond donors (Lipinski definition) is 1. The number of primary amides is 1. The molecule has 0 radical (unpaired) electrons. The molecular weight excluding hydrogens is 349 g/mol. The second-order valence-corrected chi connectivity index (χ2v) is 4.70. The fourth-order valence-electron chi connectivity index (χ4n) is 1.45. The van der Waals surface area contributed by atoms with Crippen molar-refractivity contribution in [1.82, 2.24) is 4.98 Å². The molecule has 0 saturated heterocycles. The van der Waals surface area contributed by atoms with Crippen molar-refractivity contribution in [2.24, 2.45) is 5.73 Å². The number of nitrogens with two attached hydrogens (primary N) is 1. The van der Waals surface area contributed by atoms with Crippen LogP contribution in [0.5, 0.6) is 11.6 Å². The largest absolute Gasteiger partial charge is 0.438 e. The molecule has 0 fully saturated rings. The highest BCUT2D eigenvalue weighted by molar-refractivity contribution is 9.10. The number of benzene rings is 1. The number of hydrogen-bond acceptors (Lipinski definition) is 5. The van der Waals surface area contributed by atoms with Gasteiger partial charge < -0.3 is 10.5 Å². The van der Waals surface area contributed by atoms with Crippen LogP contribution in [0.4, 0.5) is 10.1 Å². The maximum Gasteiger partial charge on any atom is 0.288 e. The van der Waals surface area contributed by atoms with Gasteiger partial charge in [-0.25, -0.2) is 9.37 Å². The Bertz CT molecular complexity index is 738. The molecule has 1 amide bonds. The number of nitrogens with zero attached hydrogens (tertiary/aromatic N) is 2. The minimum atomic E-state index is -0.946. The Morgan fingerprint density at radius 1 is 1.43 bits per heavy atom. The van der Waals surface area contributed by atoms with Crippen molar-refractivity contribution in [3.63, 3.8) is 0 Å². The molecule has 0 unspecified atom stereocenters. The molecule has 0 aliphatic rings. The molecule has 7 nitrogen and oxygen atoms in total. The van der Waals surface area contributed by atoms with Gasteiger partial charge in [0.25, 0.3) is 11.6 Å². The summed E-state index contributed by atoms with van der Waals surface area (Å²) in [5.41, 5.74) is 4.45. The maximum absolute atomic E-state index is 13.4. The molecule has 108 valence electrons. The van der Waals surface area contributed by atoms with Crippen LogP contribution in [0.3, 0.4) is 0 Å². The van der Waals surface area contributed by atoms with Crippen LogP contribution < -0.4 is 10.5 Å². The van der Waals surface area contributed by atoms with Gasteiger partial charge in [-0.05, 0) is 28.1 Å². The standard InChI is InChI=1S/C12H7BrFN3O4/c13-9-2-1-7(4-10(9)14)21-12-8(11(15)18)3-6(5-16-12)17(19)20/h1-5H,(H2,15,18). The molecule has 2 aromatic rings. The molecule has 0 aliphatic heterocycles. The Morgan fingerprint density at radius 2 is 2.14 bits per heavy atom. The van der Waals surface area contributed by atoms with E-state index in [0.717, 1.165) is 18.3 Å². The number of halogens is 2. The number of nitro groups is 1. The van der Waals surface area contributed by atoms with Gasteiger partial charge in [-0.3, -0.25) is 14.9 Å². The van der Waals surface area contributed by atoms with Gasteiger partial charge in [0.15, 0.2) is 0 Å². The Balaban J connectivity index is 2.41. The third-order valence-electron chi connectivity index (χ3n) is 2.42. The first-order valence-corrected chi connectivity index (χ1v) is 6.25. The predicted molar refractivity (Wildman–Crippen MR) is 73.6 cm³/mol. The molecule has 1 aromatic heterocycles. The summed E-state index contributed by atoms with van der Waals surface area (Å²) in [5, 5.41) is 10.6. The molecule has 0 aliphatic carbocycles. The summed E-state index contributed by atoms with van der Waals surface area (Å²) >= 11 is 2.98. The van der Waals surface area contributed by atoms with Gasteiger partial charge >= 0.3 is 0 Å². The van der Waals surface area contributed by atoms with Gasteiger partial charge in [-0.1, -0.05) is 0 Å². The molecule has 21 heavy (non-hydrogen) atoms. The van der Waals surface area contributed by atoms with Gasteiger partial charge in [0.2, 0.25) is 5.88 Å². The summed E-state index contributed by atoms with van der Waals surface area (Å²) in [7, 11) is 0. The van der Waals surface area contributed by atoms with Crippen molar-refractivity contribution in [3.8, 4) is 11.6 Å². The van der Waals surface area contributed by atoms with E-state index in [1.54, 1.807) is 0 Å². The highest BCUT2D eigenvalue weighted by atomic mass is 79.9. The van der Waals surface area contributed by atoms with Gasteiger partial charge in [0.05, 0.1) is 9.40 Å². The Kier molecular flexibility index (Phi) is 4.13. The Labute approximate surface area is 125 Å². The molecular formula is C12H7BrFN3O4. The average molecular weight is 356 g/mol. The van der Waals surface area contributed by atoms with Crippen molar-refractivity contribution in [2.45, 2.75) is 0 Å². The van der Waals surface area contributed by atoms with Crippen molar-refractivity contribution >= 4 is 27.5 Å². The number of ether oxygens (including phenoxy) is 1. The van der Waals surface area contributed by atoms with Crippen LogP contribution in [0.15, 0.2) is 34.9 Å². The van der Waals surface area contributed by atoms with E-state index in [-0.39, 0.29) is 21.7 Å². The van der Waals surface area contributed by atoms with Crippen molar-refractivity contribution in [2.75, 3.05) is 0 Å². The van der Waals surface area contributed by atoms with Crippen LogP contribution in [0.25, 0.3) is 0 Å². The zero-order valence-electron chi connectivity index (χ0n) is 10.2. The zero-order valence-corrected chi connectivity index (χ0v) is 11.8. The van der Waals surface area contributed by atoms with Gasteiger partial charge in [-0.2, -0.15) is 0 Å². The molecule has 2 N–H and O–H groups in total. The SMILES string of the molecule is NC(=O)c1cc([N+](=O)[O-])cnc1Oc1ccc(Br)c(F)c1. The van der Waals surface area contributed by atoms with E-state index < -0.39 is 22.3 Å². The van der Waals surface area contributed by atoms with E-state index in [4.69, 9.17) is 10.5 Å². The minimum absolute atomic E-state index is 0.0690. The Morgan fingerprint density at radius 3 is 2.71 bits per heavy atom. The lowest BCUT2D eigenvalue weighted by molar-refractivity contribution is -0.385. The van der Waals surface area contributed by atoms with Gasteiger partial charge in [0.1, 0.15) is 23.3 Å². The third kappa shape index (κ3) is 3.31. The maximum atomic E-state index is 13.4. The second kappa shape index (κ2) is 5.83. The molecule has 0 saturated carbocycles. The molecule has 2 rings (SSSR count). The fraction of sp³-hybridized carbons (Fsp3) is 0. The third-order valence-corrected chi connectivity index (χ3v) is 3.06.